The SMILES string of the molecule is NC(CCC1=CC=NC1)C(=O)O. The molecule has 1 atom stereocenters. The van der Waals surface area contributed by atoms with Crippen LogP contribution in [-0.4, -0.2) is 29.9 Å². The number of aliphatic imine (C=N–C) groups is 1. The molecule has 0 amide bonds. The number of hydrogen-bond donors (Lipinski definition) is 2. The first-order valence-corrected chi connectivity index (χ1v) is 3.86. The average Bonchev–Trinajstić information content (AvgIpc) is 2.51. The van der Waals surface area contributed by atoms with Crippen LogP contribution in [0.2, 0.25) is 0 Å². The van der Waals surface area contributed by atoms with E-state index in [1.54, 1.807) is 6.21 Å². The molecule has 0 aromatic carbocycles. The van der Waals surface area contributed by atoms with Gasteiger partial charge in [-0.1, -0.05) is 0 Å². The molecular formula is C8H12N2O2. The normalized spacial score (nSPS) is 17.6. The lowest BCUT2D eigenvalue weighted by Gasteiger charge is -2.05. The molecule has 1 rings (SSSR count). The first-order valence-electron chi connectivity index (χ1n) is 3.86. The van der Waals surface area contributed by atoms with Crippen LogP contribution in [0.3, 0.4) is 0 Å². The van der Waals surface area contributed by atoms with Gasteiger partial charge in [0.1, 0.15) is 6.04 Å². The molecule has 0 aromatic rings. The number of allylic oxidation sites excluding steroid dienone is 1. The molecule has 1 unspecified atom stereocenters. The standard InChI is InChI=1S/C8H12N2O2/c9-7(8(11)12)2-1-6-3-4-10-5-6/h3-4,7H,1-2,5,9H2,(H,11,12). The van der Waals surface area contributed by atoms with Crippen molar-refractivity contribution >= 4 is 12.2 Å². The highest BCUT2D eigenvalue weighted by Gasteiger charge is 2.11. The molecule has 0 aromatic heterocycles. The highest BCUT2D eigenvalue weighted by atomic mass is 16.4. The molecule has 0 spiro atoms. The Bertz CT molecular complexity index is 233. The fourth-order valence-corrected chi connectivity index (χ4v) is 1.01. The number of hydrogen-bond acceptors (Lipinski definition) is 3. The number of nitrogens with zero attached hydrogens (tertiary/aromatic N) is 1. The first kappa shape index (κ1) is 8.93. The van der Waals surface area contributed by atoms with Gasteiger partial charge in [0.25, 0.3) is 0 Å². The minimum absolute atomic E-state index is 0.491. The minimum Gasteiger partial charge on any atom is -0.480 e. The maximum absolute atomic E-state index is 10.3. The fourth-order valence-electron chi connectivity index (χ4n) is 1.01. The summed E-state index contributed by atoms with van der Waals surface area (Å²) < 4.78 is 0. The molecule has 12 heavy (non-hydrogen) atoms. The van der Waals surface area contributed by atoms with E-state index in [9.17, 15) is 4.79 Å². The van der Waals surface area contributed by atoms with Gasteiger partial charge in [-0.2, -0.15) is 0 Å². The van der Waals surface area contributed by atoms with Gasteiger partial charge in [0, 0.05) is 6.21 Å². The molecule has 0 saturated heterocycles. The van der Waals surface area contributed by atoms with Crippen LogP contribution in [0.5, 0.6) is 0 Å². The maximum Gasteiger partial charge on any atom is 0.320 e. The summed E-state index contributed by atoms with van der Waals surface area (Å²) in [5.41, 5.74) is 6.49. The molecular weight excluding hydrogens is 156 g/mol. The molecule has 1 aliphatic heterocycles. The van der Waals surface area contributed by atoms with Gasteiger partial charge in [0.2, 0.25) is 0 Å². The predicted molar refractivity (Wildman–Crippen MR) is 46.3 cm³/mol. The lowest BCUT2D eigenvalue weighted by molar-refractivity contribution is -0.138. The number of carbonyl (C=O) groups is 1. The van der Waals surface area contributed by atoms with Crippen LogP contribution in [0.1, 0.15) is 12.8 Å². The molecule has 0 saturated carbocycles. The fraction of sp³-hybridized carbons (Fsp3) is 0.500. The van der Waals surface area contributed by atoms with E-state index in [2.05, 4.69) is 4.99 Å². The summed E-state index contributed by atoms with van der Waals surface area (Å²) >= 11 is 0. The van der Waals surface area contributed by atoms with Crippen LogP contribution in [0.25, 0.3) is 0 Å². The smallest absolute Gasteiger partial charge is 0.320 e. The maximum atomic E-state index is 10.3. The van der Waals surface area contributed by atoms with Crippen molar-refractivity contribution in [1.82, 2.24) is 0 Å². The van der Waals surface area contributed by atoms with Gasteiger partial charge in [-0.3, -0.25) is 9.79 Å². The molecule has 1 aliphatic rings. The molecule has 4 heteroatoms. The molecule has 0 aliphatic carbocycles. The van der Waals surface area contributed by atoms with Crippen LogP contribution in [0.15, 0.2) is 16.6 Å². The Kier molecular flexibility index (Phi) is 2.99. The van der Waals surface area contributed by atoms with Crippen LogP contribution in [0, 0.1) is 0 Å². The number of carboxylic acid groups (broad SMARTS) is 1. The second-order valence-electron chi connectivity index (χ2n) is 2.80. The molecule has 0 radical (unpaired) electrons. The zero-order valence-electron chi connectivity index (χ0n) is 6.73. The monoisotopic (exact) mass is 168 g/mol. The van der Waals surface area contributed by atoms with Crippen molar-refractivity contribution < 1.29 is 9.90 Å². The number of rotatable bonds is 4. The van der Waals surface area contributed by atoms with Gasteiger partial charge in [0.15, 0.2) is 0 Å². The van der Waals surface area contributed by atoms with Gasteiger partial charge < -0.3 is 10.8 Å². The van der Waals surface area contributed by atoms with E-state index in [0.717, 1.165) is 12.0 Å². The van der Waals surface area contributed by atoms with Crippen molar-refractivity contribution in [2.75, 3.05) is 6.54 Å². The summed E-state index contributed by atoms with van der Waals surface area (Å²) in [6, 6.07) is -0.744. The second-order valence-corrected chi connectivity index (χ2v) is 2.80. The van der Waals surface area contributed by atoms with Gasteiger partial charge in [0.05, 0.1) is 6.54 Å². The number of aliphatic carboxylic acids is 1. The van der Waals surface area contributed by atoms with E-state index in [4.69, 9.17) is 10.8 Å². The van der Waals surface area contributed by atoms with Crippen molar-refractivity contribution in [3.8, 4) is 0 Å². The average molecular weight is 168 g/mol. The highest BCUT2D eigenvalue weighted by Crippen LogP contribution is 2.09. The van der Waals surface area contributed by atoms with Crippen molar-refractivity contribution in [3.05, 3.63) is 11.6 Å². The van der Waals surface area contributed by atoms with Crippen LogP contribution in [0.4, 0.5) is 0 Å². The van der Waals surface area contributed by atoms with Crippen LogP contribution >= 0.6 is 0 Å². The van der Waals surface area contributed by atoms with E-state index in [0.29, 0.717) is 13.0 Å². The van der Waals surface area contributed by atoms with Crippen LogP contribution in [-0.2, 0) is 4.79 Å². The predicted octanol–water partition coefficient (Wildman–Crippen LogP) is 0.189. The summed E-state index contributed by atoms with van der Waals surface area (Å²) in [5, 5.41) is 8.48. The highest BCUT2D eigenvalue weighted by molar-refractivity contribution is 5.75. The summed E-state index contributed by atoms with van der Waals surface area (Å²) in [5.74, 6) is -0.936. The van der Waals surface area contributed by atoms with Crippen molar-refractivity contribution in [2.45, 2.75) is 18.9 Å². The molecule has 4 nitrogen and oxygen atoms in total. The molecule has 0 bridgehead atoms. The van der Waals surface area contributed by atoms with E-state index in [1.807, 2.05) is 6.08 Å². The van der Waals surface area contributed by atoms with Crippen molar-refractivity contribution in [2.24, 2.45) is 10.7 Å². The summed E-state index contributed by atoms with van der Waals surface area (Å²) in [4.78, 5) is 14.3. The number of nitrogens with two attached hydrogens (primary N) is 1. The summed E-state index contributed by atoms with van der Waals surface area (Å²) in [6.07, 6.45) is 4.87. The minimum atomic E-state index is -0.936. The Hall–Kier alpha value is -1.16. The van der Waals surface area contributed by atoms with Gasteiger partial charge >= 0.3 is 5.97 Å². The Balaban J connectivity index is 2.22. The third-order valence-corrected chi connectivity index (χ3v) is 1.80. The molecule has 0 fully saturated rings. The van der Waals surface area contributed by atoms with E-state index < -0.39 is 12.0 Å². The second kappa shape index (κ2) is 4.01. The first-order chi connectivity index (χ1) is 5.70. The van der Waals surface area contributed by atoms with Crippen LogP contribution < -0.4 is 5.73 Å². The van der Waals surface area contributed by atoms with E-state index >= 15 is 0 Å². The van der Waals surface area contributed by atoms with Gasteiger partial charge in [-0.25, -0.2) is 0 Å². The molecule has 3 N–H and O–H groups in total. The Morgan fingerprint density at radius 1 is 1.83 bits per heavy atom. The summed E-state index contributed by atoms with van der Waals surface area (Å²) in [7, 11) is 0. The lowest BCUT2D eigenvalue weighted by Crippen LogP contribution is -2.29. The zero-order chi connectivity index (χ0) is 8.97. The molecule has 66 valence electrons. The lowest BCUT2D eigenvalue weighted by atomic mass is 10.1. The Labute approximate surface area is 70.8 Å². The largest absolute Gasteiger partial charge is 0.480 e. The topological polar surface area (TPSA) is 75.7 Å². The van der Waals surface area contributed by atoms with E-state index in [1.165, 1.54) is 0 Å². The Morgan fingerprint density at radius 2 is 2.58 bits per heavy atom. The zero-order valence-corrected chi connectivity index (χ0v) is 6.73. The van der Waals surface area contributed by atoms with E-state index in [-0.39, 0.29) is 0 Å². The quantitative estimate of drug-likeness (QED) is 0.629. The molecule has 1 heterocycles. The summed E-state index contributed by atoms with van der Waals surface area (Å²) in [6.45, 7) is 0.701. The Morgan fingerprint density at radius 3 is 3.08 bits per heavy atom. The number of carboxylic acids is 1. The third kappa shape index (κ3) is 2.47. The third-order valence-electron chi connectivity index (χ3n) is 1.80. The van der Waals surface area contributed by atoms with Crippen molar-refractivity contribution in [1.29, 1.82) is 0 Å². The van der Waals surface area contributed by atoms with Gasteiger partial charge in [-0.05, 0) is 24.5 Å². The van der Waals surface area contributed by atoms with Gasteiger partial charge in [-0.15, -0.1) is 0 Å². The van der Waals surface area contributed by atoms with Crippen molar-refractivity contribution in [3.63, 3.8) is 0 Å².